The Balaban J connectivity index is 2.11. The fourth-order valence-corrected chi connectivity index (χ4v) is 1.90. The zero-order valence-electron chi connectivity index (χ0n) is 9.08. The van der Waals surface area contributed by atoms with Gasteiger partial charge in [-0.2, -0.15) is 0 Å². The molecule has 0 unspecified atom stereocenters. The second kappa shape index (κ2) is 5.77. The Hall–Kier alpha value is -1.42. The van der Waals surface area contributed by atoms with Crippen molar-refractivity contribution in [1.29, 1.82) is 0 Å². The van der Waals surface area contributed by atoms with Gasteiger partial charge in [0.1, 0.15) is 0 Å². The predicted octanol–water partition coefficient (Wildman–Crippen LogP) is 4.59. The summed E-state index contributed by atoms with van der Waals surface area (Å²) in [6.07, 6.45) is 0.630. The van der Waals surface area contributed by atoms with Crippen molar-refractivity contribution in [2.45, 2.75) is 6.42 Å². The van der Waals surface area contributed by atoms with E-state index in [9.17, 15) is 0 Å². The van der Waals surface area contributed by atoms with Gasteiger partial charge in [-0.3, -0.25) is 0 Å². The Morgan fingerprint density at radius 1 is 0.941 bits per heavy atom. The minimum Gasteiger partial charge on any atom is -0.0930 e. The van der Waals surface area contributed by atoms with E-state index in [2.05, 4.69) is 11.8 Å². The molecule has 0 saturated heterocycles. The van der Waals surface area contributed by atoms with Crippen LogP contribution in [0.25, 0.3) is 0 Å². The standard InChI is InChI=1S/C15H10Cl2/c16-14-10-9-13(15(17)11-14)8-4-7-12-5-2-1-3-6-12/h1-3,5-6,9-11H,8H2. The van der Waals surface area contributed by atoms with Gasteiger partial charge in [0.15, 0.2) is 0 Å². The normalized spacial score (nSPS) is 9.53. The molecule has 0 atom stereocenters. The van der Waals surface area contributed by atoms with Crippen LogP contribution in [0.15, 0.2) is 48.5 Å². The fourth-order valence-electron chi connectivity index (χ4n) is 1.43. The van der Waals surface area contributed by atoms with Gasteiger partial charge in [0.2, 0.25) is 0 Å². The molecule has 84 valence electrons. The number of hydrogen-bond acceptors (Lipinski definition) is 0. The van der Waals surface area contributed by atoms with Gasteiger partial charge in [-0.25, -0.2) is 0 Å². The molecule has 0 fully saturated rings. The first-order valence-corrected chi connectivity index (χ1v) is 5.99. The van der Waals surface area contributed by atoms with Crippen LogP contribution in [0.4, 0.5) is 0 Å². The number of rotatable bonds is 1. The minimum absolute atomic E-state index is 0.630. The van der Waals surface area contributed by atoms with Crippen LogP contribution in [0, 0.1) is 11.8 Å². The predicted molar refractivity (Wildman–Crippen MR) is 73.5 cm³/mol. The molecule has 0 radical (unpaired) electrons. The summed E-state index contributed by atoms with van der Waals surface area (Å²) in [6, 6.07) is 15.4. The zero-order valence-corrected chi connectivity index (χ0v) is 10.6. The molecule has 0 aliphatic heterocycles. The molecule has 0 aromatic heterocycles. The maximum atomic E-state index is 6.06. The van der Waals surface area contributed by atoms with Crippen molar-refractivity contribution >= 4 is 23.2 Å². The first-order chi connectivity index (χ1) is 8.25. The van der Waals surface area contributed by atoms with E-state index in [0.717, 1.165) is 11.1 Å². The second-order valence-corrected chi connectivity index (χ2v) is 4.42. The Bertz CT molecular complexity index is 562. The average molecular weight is 261 g/mol. The van der Waals surface area contributed by atoms with Crippen molar-refractivity contribution in [1.82, 2.24) is 0 Å². The Kier molecular flexibility index (Phi) is 4.09. The van der Waals surface area contributed by atoms with Crippen LogP contribution in [0.5, 0.6) is 0 Å². The summed E-state index contributed by atoms with van der Waals surface area (Å²) in [6.45, 7) is 0. The SMILES string of the molecule is Clc1ccc(CC#Cc2ccccc2)c(Cl)c1. The van der Waals surface area contributed by atoms with Gasteiger partial charge in [-0.05, 0) is 29.8 Å². The largest absolute Gasteiger partial charge is 0.0930 e. The van der Waals surface area contributed by atoms with E-state index in [1.54, 1.807) is 6.07 Å². The third kappa shape index (κ3) is 3.53. The van der Waals surface area contributed by atoms with Gasteiger partial charge in [-0.1, -0.05) is 59.3 Å². The molecule has 0 saturated carbocycles. The van der Waals surface area contributed by atoms with Crippen LogP contribution in [0.1, 0.15) is 11.1 Å². The lowest BCUT2D eigenvalue weighted by molar-refractivity contribution is 1.32. The lowest BCUT2D eigenvalue weighted by Crippen LogP contribution is -1.83. The molecule has 0 bridgehead atoms. The highest BCUT2D eigenvalue weighted by molar-refractivity contribution is 6.35. The van der Waals surface area contributed by atoms with E-state index >= 15 is 0 Å². The van der Waals surface area contributed by atoms with Gasteiger partial charge in [0.25, 0.3) is 0 Å². The topological polar surface area (TPSA) is 0 Å². The Morgan fingerprint density at radius 2 is 1.71 bits per heavy atom. The van der Waals surface area contributed by atoms with Crippen LogP contribution in [0.3, 0.4) is 0 Å². The first-order valence-electron chi connectivity index (χ1n) is 5.23. The summed E-state index contributed by atoms with van der Waals surface area (Å²) >= 11 is 11.9. The second-order valence-electron chi connectivity index (χ2n) is 3.58. The highest BCUT2D eigenvalue weighted by Crippen LogP contribution is 2.20. The molecule has 2 rings (SSSR count). The molecule has 2 aromatic rings. The fraction of sp³-hybridized carbons (Fsp3) is 0.0667. The maximum Gasteiger partial charge on any atom is 0.0462 e. The molecule has 0 heterocycles. The third-order valence-electron chi connectivity index (χ3n) is 2.30. The molecule has 2 heteroatoms. The number of halogens is 2. The van der Waals surface area contributed by atoms with Crippen LogP contribution in [-0.2, 0) is 6.42 Å². The van der Waals surface area contributed by atoms with Crippen molar-refractivity contribution < 1.29 is 0 Å². The lowest BCUT2D eigenvalue weighted by atomic mass is 10.1. The molecule has 2 aromatic carbocycles. The summed E-state index contributed by atoms with van der Waals surface area (Å²) in [5.41, 5.74) is 2.01. The number of hydrogen-bond donors (Lipinski definition) is 0. The van der Waals surface area contributed by atoms with Crippen molar-refractivity contribution in [3.63, 3.8) is 0 Å². The van der Waals surface area contributed by atoms with E-state index in [0.29, 0.717) is 16.5 Å². The molecule has 17 heavy (non-hydrogen) atoms. The van der Waals surface area contributed by atoms with E-state index in [1.807, 2.05) is 42.5 Å². The quantitative estimate of drug-likeness (QED) is 0.659. The van der Waals surface area contributed by atoms with Gasteiger partial charge in [0, 0.05) is 22.0 Å². The Labute approximate surface area is 111 Å². The monoisotopic (exact) mass is 260 g/mol. The van der Waals surface area contributed by atoms with Gasteiger partial charge in [-0.15, -0.1) is 0 Å². The van der Waals surface area contributed by atoms with Gasteiger partial charge >= 0.3 is 0 Å². The third-order valence-corrected chi connectivity index (χ3v) is 2.89. The summed E-state index contributed by atoms with van der Waals surface area (Å²) in [4.78, 5) is 0. The van der Waals surface area contributed by atoms with E-state index in [-0.39, 0.29) is 0 Å². The summed E-state index contributed by atoms with van der Waals surface area (Å²) < 4.78 is 0. The maximum absolute atomic E-state index is 6.06. The van der Waals surface area contributed by atoms with Gasteiger partial charge in [0.05, 0.1) is 0 Å². The molecule has 0 amide bonds. The van der Waals surface area contributed by atoms with Crippen molar-refractivity contribution in [3.8, 4) is 11.8 Å². The molecular formula is C15H10Cl2. The highest BCUT2D eigenvalue weighted by Gasteiger charge is 1.98. The van der Waals surface area contributed by atoms with Crippen LogP contribution < -0.4 is 0 Å². The van der Waals surface area contributed by atoms with Crippen LogP contribution in [-0.4, -0.2) is 0 Å². The lowest BCUT2D eigenvalue weighted by Gasteiger charge is -1.99. The summed E-state index contributed by atoms with van der Waals surface area (Å²) in [5, 5.41) is 1.31. The van der Waals surface area contributed by atoms with Crippen molar-refractivity contribution in [2.24, 2.45) is 0 Å². The molecule has 0 spiro atoms. The Morgan fingerprint density at radius 3 is 2.41 bits per heavy atom. The van der Waals surface area contributed by atoms with Crippen molar-refractivity contribution in [2.75, 3.05) is 0 Å². The molecule has 0 aliphatic rings. The van der Waals surface area contributed by atoms with Crippen LogP contribution >= 0.6 is 23.2 Å². The molecule has 0 nitrogen and oxygen atoms in total. The minimum atomic E-state index is 0.630. The van der Waals surface area contributed by atoms with Gasteiger partial charge < -0.3 is 0 Å². The molecular weight excluding hydrogens is 251 g/mol. The highest BCUT2D eigenvalue weighted by atomic mass is 35.5. The molecule has 0 N–H and O–H groups in total. The van der Waals surface area contributed by atoms with Crippen molar-refractivity contribution in [3.05, 3.63) is 69.7 Å². The van der Waals surface area contributed by atoms with E-state index in [1.165, 1.54) is 0 Å². The smallest absolute Gasteiger partial charge is 0.0462 e. The average Bonchev–Trinajstić information content (AvgIpc) is 2.33. The van der Waals surface area contributed by atoms with E-state index < -0.39 is 0 Å². The first kappa shape index (κ1) is 12.0. The number of benzene rings is 2. The van der Waals surface area contributed by atoms with E-state index in [4.69, 9.17) is 23.2 Å². The van der Waals surface area contributed by atoms with Crippen LogP contribution in [0.2, 0.25) is 10.0 Å². The molecule has 0 aliphatic carbocycles. The summed E-state index contributed by atoms with van der Waals surface area (Å²) in [5.74, 6) is 6.19. The zero-order chi connectivity index (χ0) is 12.1. The summed E-state index contributed by atoms with van der Waals surface area (Å²) in [7, 11) is 0.